The van der Waals surface area contributed by atoms with Gasteiger partial charge >= 0.3 is 0 Å². The molecule has 0 saturated carbocycles. The zero-order chi connectivity index (χ0) is 16.2. The van der Waals surface area contributed by atoms with Gasteiger partial charge in [-0.1, -0.05) is 41.9 Å². The van der Waals surface area contributed by atoms with Crippen LogP contribution in [0.25, 0.3) is 0 Å². The number of nitrogens with zero attached hydrogens (tertiary/aromatic N) is 3. The summed E-state index contributed by atoms with van der Waals surface area (Å²) in [5, 5.41) is 7.74. The lowest BCUT2D eigenvalue weighted by atomic mass is 10.2. The lowest BCUT2D eigenvalue weighted by Gasteiger charge is -2.06. The molecule has 0 saturated heterocycles. The van der Waals surface area contributed by atoms with Crippen LogP contribution in [0.15, 0.2) is 54.9 Å². The van der Waals surface area contributed by atoms with Crippen molar-refractivity contribution in [1.29, 1.82) is 0 Å². The van der Waals surface area contributed by atoms with Gasteiger partial charge in [-0.25, -0.2) is 4.98 Å². The first-order valence-electron chi connectivity index (χ1n) is 6.91. The van der Waals surface area contributed by atoms with Crippen molar-refractivity contribution < 1.29 is 4.79 Å². The highest BCUT2D eigenvalue weighted by Gasteiger charge is 2.09. The first-order valence-corrected chi connectivity index (χ1v) is 7.29. The molecule has 0 bridgehead atoms. The summed E-state index contributed by atoms with van der Waals surface area (Å²) < 4.78 is 1.81. The monoisotopic (exact) mass is 327 g/mol. The van der Waals surface area contributed by atoms with E-state index in [2.05, 4.69) is 15.4 Å². The maximum Gasteiger partial charge on any atom is 0.250 e. The van der Waals surface area contributed by atoms with Gasteiger partial charge in [-0.2, -0.15) is 5.10 Å². The van der Waals surface area contributed by atoms with Crippen LogP contribution in [0.3, 0.4) is 0 Å². The van der Waals surface area contributed by atoms with Gasteiger partial charge < -0.3 is 11.1 Å². The molecule has 0 atom stereocenters. The molecule has 6 nitrogen and oxygen atoms in total. The first-order chi connectivity index (χ1) is 11.1. The molecule has 116 valence electrons. The normalized spacial score (nSPS) is 10.5. The minimum absolute atomic E-state index is 0.259. The molecule has 3 rings (SSSR count). The third-order valence-electron chi connectivity index (χ3n) is 3.20. The summed E-state index contributed by atoms with van der Waals surface area (Å²) in [7, 11) is 0. The number of anilines is 2. The van der Waals surface area contributed by atoms with Crippen molar-refractivity contribution in [3.05, 3.63) is 71.0 Å². The Morgan fingerprint density at radius 1 is 1.26 bits per heavy atom. The van der Waals surface area contributed by atoms with Crippen molar-refractivity contribution >= 4 is 29.1 Å². The quantitative estimate of drug-likeness (QED) is 0.754. The summed E-state index contributed by atoms with van der Waals surface area (Å²) in [5.41, 5.74) is 6.60. The molecular formula is C16H14ClN5O. The van der Waals surface area contributed by atoms with Gasteiger partial charge in [-0.3, -0.25) is 9.48 Å². The number of rotatable bonds is 5. The molecular weight excluding hydrogens is 314 g/mol. The number of hydrogen-bond donors (Lipinski definition) is 2. The summed E-state index contributed by atoms with van der Waals surface area (Å²) in [5.74, 6) is 0.460. The van der Waals surface area contributed by atoms with Crippen molar-refractivity contribution in [1.82, 2.24) is 14.8 Å². The summed E-state index contributed by atoms with van der Waals surface area (Å²) in [6.07, 6.45) is 3.23. The second kappa shape index (κ2) is 6.50. The van der Waals surface area contributed by atoms with Gasteiger partial charge in [0, 0.05) is 18.5 Å². The number of nitrogens with one attached hydrogen (secondary N) is 1. The van der Waals surface area contributed by atoms with Crippen LogP contribution < -0.4 is 11.1 Å². The Hall–Kier alpha value is -2.86. The number of amides is 1. The second-order valence-electron chi connectivity index (χ2n) is 4.93. The van der Waals surface area contributed by atoms with Crippen LogP contribution in [0.1, 0.15) is 15.9 Å². The molecule has 1 aromatic carbocycles. The van der Waals surface area contributed by atoms with Crippen LogP contribution >= 0.6 is 11.6 Å². The summed E-state index contributed by atoms with van der Waals surface area (Å²) in [4.78, 5) is 15.2. The molecule has 0 unspecified atom stereocenters. The minimum atomic E-state index is -0.571. The average Bonchev–Trinajstić information content (AvgIpc) is 2.97. The van der Waals surface area contributed by atoms with Crippen molar-refractivity contribution in [2.75, 3.05) is 5.32 Å². The van der Waals surface area contributed by atoms with E-state index in [-0.39, 0.29) is 5.56 Å². The minimum Gasteiger partial charge on any atom is -0.366 e. The second-order valence-corrected chi connectivity index (χ2v) is 5.34. The summed E-state index contributed by atoms with van der Waals surface area (Å²) in [6.45, 7) is 0.671. The van der Waals surface area contributed by atoms with E-state index in [1.807, 2.05) is 47.3 Å². The molecule has 3 N–H and O–H groups in total. The summed E-state index contributed by atoms with van der Waals surface area (Å²) >= 11 is 6.09. The number of pyridine rings is 1. The molecule has 0 aliphatic carbocycles. The van der Waals surface area contributed by atoms with Crippen LogP contribution in [0.2, 0.25) is 5.02 Å². The van der Waals surface area contributed by atoms with Crippen LogP contribution in [0.4, 0.5) is 11.6 Å². The Morgan fingerprint density at radius 3 is 2.74 bits per heavy atom. The standard InChI is InChI=1S/C16H14ClN5O/c17-13-8-12(15(18)23)9-19-16(13)20-14-6-7-22(21-14)10-11-4-2-1-3-5-11/h1-9H,10H2,(H2,18,23)(H,19,20,21). The molecule has 2 aromatic heterocycles. The van der Waals surface area contributed by atoms with E-state index in [1.165, 1.54) is 12.3 Å². The fourth-order valence-electron chi connectivity index (χ4n) is 2.07. The van der Waals surface area contributed by atoms with E-state index in [0.29, 0.717) is 23.2 Å². The first kappa shape index (κ1) is 15.1. The van der Waals surface area contributed by atoms with E-state index in [1.54, 1.807) is 0 Å². The zero-order valence-corrected chi connectivity index (χ0v) is 12.9. The molecule has 2 heterocycles. The fourth-order valence-corrected chi connectivity index (χ4v) is 2.29. The Kier molecular flexibility index (Phi) is 4.25. The van der Waals surface area contributed by atoms with Crippen LogP contribution in [0.5, 0.6) is 0 Å². The number of nitrogens with two attached hydrogens (primary N) is 1. The van der Waals surface area contributed by atoms with E-state index in [9.17, 15) is 4.79 Å². The maximum atomic E-state index is 11.1. The molecule has 0 aliphatic heterocycles. The Morgan fingerprint density at radius 2 is 2.04 bits per heavy atom. The number of primary amides is 1. The largest absolute Gasteiger partial charge is 0.366 e. The van der Waals surface area contributed by atoms with Crippen molar-refractivity contribution in [3.63, 3.8) is 0 Å². The Bertz CT molecular complexity index is 831. The SMILES string of the molecule is NC(=O)c1cnc(Nc2ccn(Cc3ccccc3)n2)c(Cl)c1. The van der Waals surface area contributed by atoms with E-state index >= 15 is 0 Å². The smallest absolute Gasteiger partial charge is 0.250 e. The maximum absolute atomic E-state index is 11.1. The molecule has 0 radical (unpaired) electrons. The number of benzene rings is 1. The van der Waals surface area contributed by atoms with Crippen LogP contribution in [-0.4, -0.2) is 20.7 Å². The molecule has 0 fully saturated rings. The van der Waals surface area contributed by atoms with E-state index < -0.39 is 5.91 Å². The zero-order valence-electron chi connectivity index (χ0n) is 12.1. The van der Waals surface area contributed by atoms with Crippen molar-refractivity contribution in [3.8, 4) is 0 Å². The van der Waals surface area contributed by atoms with E-state index in [4.69, 9.17) is 17.3 Å². The van der Waals surface area contributed by atoms with E-state index in [0.717, 1.165) is 5.56 Å². The van der Waals surface area contributed by atoms with Gasteiger partial charge in [0.2, 0.25) is 5.91 Å². The fraction of sp³-hybridized carbons (Fsp3) is 0.0625. The Balaban J connectivity index is 1.73. The highest BCUT2D eigenvalue weighted by molar-refractivity contribution is 6.33. The predicted molar refractivity (Wildman–Crippen MR) is 88.8 cm³/mol. The van der Waals surface area contributed by atoms with Crippen LogP contribution in [0, 0.1) is 0 Å². The number of aromatic nitrogens is 3. The van der Waals surface area contributed by atoms with Crippen LogP contribution in [-0.2, 0) is 6.54 Å². The molecule has 0 spiro atoms. The lowest BCUT2D eigenvalue weighted by molar-refractivity contribution is 0.1000. The molecule has 1 amide bonds. The van der Waals surface area contributed by atoms with Gasteiger partial charge in [0.1, 0.15) is 5.82 Å². The van der Waals surface area contributed by atoms with Crippen molar-refractivity contribution in [2.24, 2.45) is 5.73 Å². The highest BCUT2D eigenvalue weighted by Crippen LogP contribution is 2.23. The number of carbonyl (C=O) groups is 1. The summed E-state index contributed by atoms with van der Waals surface area (Å²) in [6, 6.07) is 13.3. The van der Waals surface area contributed by atoms with Gasteiger partial charge in [-0.15, -0.1) is 0 Å². The Labute approximate surface area is 137 Å². The van der Waals surface area contributed by atoms with Gasteiger partial charge in [0.25, 0.3) is 0 Å². The molecule has 7 heteroatoms. The highest BCUT2D eigenvalue weighted by atomic mass is 35.5. The van der Waals surface area contributed by atoms with Crippen molar-refractivity contribution in [2.45, 2.75) is 6.54 Å². The molecule has 23 heavy (non-hydrogen) atoms. The third-order valence-corrected chi connectivity index (χ3v) is 3.49. The average molecular weight is 328 g/mol. The lowest BCUT2D eigenvalue weighted by Crippen LogP contribution is -2.11. The number of carbonyl (C=O) groups excluding carboxylic acids is 1. The van der Waals surface area contributed by atoms with Gasteiger partial charge in [-0.05, 0) is 11.6 Å². The molecule has 3 aromatic rings. The third kappa shape index (κ3) is 3.67. The molecule has 0 aliphatic rings. The van der Waals surface area contributed by atoms with Gasteiger partial charge in [0.15, 0.2) is 5.82 Å². The predicted octanol–water partition coefficient (Wildman–Crippen LogP) is 2.82. The number of halogens is 1. The number of hydrogen-bond acceptors (Lipinski definition) is 4. The topological polar surface area (TPSA) is 85.8 Å². The van der Waals surface area contributed by atoms with Gasteiger partial charge in [0.05, 0.1) is 17.1 Å².